The van der Waals surface area contributed by atoms with Crippen molar-refractivity contribution in [2.24, 2.45) is 5.92 Å². The van der Waals surface area contributed by atoms with Crippen LogP contribution >= 0.6 is 0 Å². The molecule has 1 aliphatic rings. The molecule has 0 spiro atoms. The Labute approximate surface area is 100 Å². The maximum absolute atomic E-state index is 3.38. The summed E-state index contributed by atoms with van der Waals surface area (Å²) in [4.78, 5) is 2.46. The highest BCUT2D eigenvalue weighted by Gasteiger charge is 2.07. The van der Waals surface area contributed by atoms with Crippen LogP contribution in [0.4, 0.5) is 0 Å². The van der Waals surface area contributed by atoms with Crippen molar-refractivity contribution in [1.29, 1.82) is 0 Å². The van der Waals surface area contributed by atoms with Gasteiger partial charge in [-0.05, 0) is 38.3 Å². The van der Waals surface area contributed by atoms with E-state index in [0.29, 0.717) is 0 Å². The van der Waals surface area contributed by atoms with Gasteiger partial charge in [0.1, 0.15) is 0 Å². The Balaban J connectivity index is 2.50. The van der Waals surface area contributed by atoms with Crippen LogP contribution in [0.5, 0.6) is 0 Å². The predicted octanol–water partition coefficient (Wildman–Crippen LogP) is 2.79. The molecule has 92 valence electrons. The van der Waals surface area contributed by atoms with Gasteiger partial charge in [0.15, 0.2) is 0 Å². The fourth-order valence-electron chi connectivity index (χ4n) is 2.02. The fourth-order valence-corrected chi connectivity index (χ4v) is 2.02. The number of hydrogen-bond acceptors (Lipinski definition) is 2. The molecule has 0 saturated heterocycles. The third kappa shape index (κ3) is 4.40. The number of hydrogen-bond donors (Lipinski definition) is 1. The molecule has 16 heavy (non-hydrogen) atoms. The molecule has 0 heterocycles. The average molecular weight is 222 g/mol. The average Bonchev–Trinajstić information content (AvgIpc) is 2.50. The lowest BCUT2D eigenvalue weighted by Gasteiger charge is -2.24. The minimum atomic E-state index is 0.723. The van der Waals surface area contributed by atoms with Gasteiger partial charge in [0.05, 0.1) is 0 Å². The molecular weight excluding hydrogens is 196 g/mol. The first-order valence-electron chi connectivity index (χ1n) is 6.62. The van der Waals surface area contributed by atoms with Crippen LogP contribution in [-0.2, 0) is 0 Å². The number of allylic oxidation sites excluding steroid dienone is 3. The quantitative estimate of drug-likeness (QED) is 0.695. The minimum absolute atomic E-state index is 0.723. The van der Waals surface area contributed by atoms with Crippen molar-refractivity contribution in [1.82, 2.24) is 10.2 Å². The molecule has 0 radical (unpaired) electrons. The molecule has 1 N–H and O–H groups in total. The molecule has 1 rings (SSSR count). The second kappa shape index (κ2) is 7.50. The summed E-state index contributed by atoms with van der Waals surface area (Å²) >= 11 is 0. The molecule has 0 fully saturated rings. The molecule has 0 aromatic heterocycles. The zero-order valence-electron chi connectivity index (χ0n) is 11.0. The Bertz CT molecular complexity index is 243. The van der Waals surface area contributed by atoms with Gasteiger partial charge in [0.25, 0.3) is 0 Å². The third-order valence-corrected chi connectivity index (χ3v) is 3.13. The highest BCUT2D eigenvalue weighted by atomic mass is 15.1. The van der Waals surface area contributed by atoms with Gasteiger partial charge >= 0.3 is 0 Å². The van der Waals surface area contributed by atoms with Gasteiger partial charge < -0.3 is 10.2 Å². The highest BCUT2D eigenvalue weighted by Crippen LogP contribution is 2.17. The van der Waals surface area contributed by atoms with Crippen molar-refractivity contribution in [3.63, 3.8) is 0 Å². The molecule has 0 aliphatic heterocycles. The Kier molecular flexibility index (Phi) is 6.24. The summed E-state index contributed by atoms with van der Waals surface area (Å²) in [5, 5.41) is 3.38. The van der Waals surface area contributed by atoms with Crippen LogP contribution in [0, 0.1) is 5.92 Å². The zero-order valence-corrected chi connectivity index (χ0v) is 11.0. The van der Waals surface area contributed by atoms with Crippen molar-refractivity contribution in [2.75, 3.05) is 26.2 Å². The molecule has 1 atom stereocenters. The number of likely N-dealkylation sites (N-methyl/N-ethyl adjacent to an activating group) is 2. The summed E-state index contributed by atoms with van der Waals surface area (Å²) in [5.41, 5.74) is 1.41. The van der Waals surface area contributed by atoms with Crippen LogP contribution in [-0.4, -0.2) is 31.1 Å². The van der Waals surface area contributed by atoms with Crippen LogP contribution in [0.25, 0.3) is 0 Å². The monoisotopic (exact) mass is 222 g/mol. The van der Waals surface area contributed by atoms with Gasteiger partial charge in [-0.1, -0.05) is 26.0 Å². The van der Waals surface area contributed by atoms with Crippen LogP contribution in [0.2, 0.25) is 0 Å². The number of rotatable bonds is 6. The zero-order chi connectivity index (χ0) is 11.8. The van der Waals surface area contributed by atoms with Gasteiger partial charge in [0, 0.05) is 25.3 Å². The van der Waals surface area contributed by atoms with E-state index in [1.807, 2.05) is 0 Å². The van der Waals surface area contributed by atoms with Gasteiger partial charge in [-0.3, -0.25) is 0 Å². The second-order valence-corrected chi connectivity index (χ2v) is 4.48. The van der Waals surface area contributed by atoms with Gasteiger partial charge in [-0.25, -0.2) is 0 Å². The molecule has 0 saturated carbocycles. The molecule has 0 amide bonds. The summed E-state index contributed by atoms with van der Waals surface area (Å²) in [6, 6.07) is 0. The fraction of sp³-hybridized carbons (Fsp3) is 0.714. The van der Waals surface area contributed by atoms with Gasteiger partial charge in [-0.15, -0.1) is 0 Å². The maximum Gasteiger partial charge on any atom is 0.0322 e. The summed E-state index contributed by atoms with van der Waals surface area (Å²) in [6.07, 6.45) is 9.52. The standard InChI is InChI=1S/C14H26N2/c1-4-15-11-12-16(5-2)14-8-6-7-13(3)9-10-14/h8-10,13,15H,4-7,11-12H2,1-3H3. The molecule has 1 aliphatic carbocycles. The largest absolute Gasteiger partial charge is 0.371 e. The van der Waals surface area contributed by atoms with E-state index in [-0.39, 0.29) is 0 Å². The first kappa shape index (κ1) is 13.3. The summed E-state index contributed by atoms with van der Waals surface area (Å²) in [5.74, 6) is 0.723. The first-order valence-corrected chi connectivity index (χ1v) is 6.62. The topological polar surface area (TPSA) is 15.3 Å². The maximum atomic E-state index is 3.38. The minimum Gasteiger partial charge on any atom is -0.371 e. The van der Waals surface area contributed by atoms with Crippen molar-refractivity contribution >= 4 is 0 Å². The molecular formula is C14H26N2. The Morgan fingerprint density at radius 1 is 1.44 bits per heavy atom. The van der Waals surface area contributed by atoms with Gasteiger partial charge in [-0.2, -0.15) is 0 Å². The molecule has 2 heteroatoms. The van der Waals surface area contributed by atoms with Crippen molar-refractivity contribution in [3.8, 4) is 0 Å². The van der Waals surface area contributed by atoms with E-state index in [1.54, 1.807) is 0 Å². The summed E-state index contributed by atoms with van der Waals surface area (Å²) < 4.78 is 0. The predicted molar refractivity (Wildman–Crippen MR) is 71.4 cm³/mol. The Hall–Kier alpha value is -0.760. The summed E-state index contributed by atoms with van der Waals surface area (Å²) in [7, 11) is 0. The summed E-state index contributed by atoms with van der Waals surface area (Å²) in [6.45, 7) is 11.0. The molecule has 0 bridgehead atoms. The Morgan fingerprint density at radius 2 is 2.25 bits per heavy atom. The van der Waals surface area contributed by atoms with Crippen LogP contribution < -0.4 is 5.32 Å². The van der Waals surface area contributed by atoms with E-state index in [9.17, 15) is 0 Å². The van der Waals surface area contributed by atoms with E-state index in [0.717, 1.165) is 32.1 Å². The van der Waals surface area contributed by atoms with E-state index in [4.69, 9.17) is 0 Å². The SMILES string of the molecule is CCNCCN(CC)C1=CCCC(C)C=C1. The molecule has 2 nitrogen and oxygen atoms in total. The van der Waals surface area contributed by atoms with Crippen LogP contribution in [0.1, 0.15) is 33.6 Å². The number of nitrogens with zero attached hydrogens (tertiary/aromatic N) is 1. The highest BCUT2D eigenvalue weighted by molar-refractivity contribution is 5.20. The van der Waals surface area contributed by atoms with E-state index >= 15 is 0 Å². The second-order valence-electron chi connectivity index (χ2n) is 4.48. The molecule has 0 aromatic rings. The van der Waals surface area contributed by atoms with Crippen molar-refractivity contribution in [2.45, 2.75) is 33.6 Å². The Morgan fingerprint density at radius 3 is 2.94 bits per heavy atom. The third-order valence-electron chi connectivity index (χ3n) is 3.13. The smallest absolute Gasteiger partial charge is 0.0322 e. The first-order chi connectivity index (χ1) is 7.77. The van der Waals surface area contributed by atoms with Crippen molar-refractivity contribution in [3.05, 3.63) is 23.9 Å². The van der Waals surface area contributed by atoms with Crippen LogP contribution in [0.15, 0.2) is 23.9 Å². The lowest BCUT2D eigenvalue weighted by atomic mass is 10.1. The van der Waals surface area contributed by atoms with Crippen molar-refractivity contribution < 1.29 is 0 Å². The van der Waals surface area contributed by atoms with E-state index in [2.05, 4.69) is 49.2 Å². The van der Waals surface area contributed by atoms with Gasteiger partial charge in [0.2, 0.25) is 0 Å². The lowest BCUT2D eigenvalue weighted by molar-refractivity contribution is 0.369. The van der Waals surface area contributed by atoms with E-state index in [1.165, 1.54) is 18.5 Å². The number of nitrogens with one attached hydrogen (secondary N) is 1. The molecule has 1 unspecified atom stereocenters. The molecule has 0 aromatic carbocycles. The lowest BCUT2D eigenvalue weighted by Crippen LogP contribution is -2.31. The van der Waals surface area contributed by atoms with Crippen LogP contribution in [0.3, 0.4) is 0 Å². The van der Waals surface area contributed by atoms with E-state index < -0.39 is 0 Å². The normalized spacial score (nSPS) is 20.4.